The molecule has 1 aromatic rings. The molecule has 1 unspecified atom stereocenters. The van der Waals surface area contributed by atoms with Crippen LogP contribution < -0.4 is 10.6 Å². The third-order valence-corrected chi connectivity index (χ3v) is 2.44. The van der Waals surface area contributed by atoms with Crippen LogP contribution in [-0.4, -0.2) is 17.2 Å². The quantitative estimate of drug-likeness (QED) is 0.754. The van der Waals surface area contributed by atoms with Crippen LogP contribution in [0.2, 0.25) is 0 Å². The normalized spacial score (nSPS) is 18.8. The summed E-state index contributed by atoms with van der Waals surface area (Å²) in [5.74, 6) is -1.13. The van der Waals surface area contributed by atoms with Crippen LogP contribution in [-0.2, 0) is 11.0 Å². The number of hydrogen-bond donors (Lipinski definition) is 3. The summed E-state index contributed by atoms with van der Waals surface area (Å²) in [6.45, 7) is 0. The first-order chi connectivity index (χ1) is 8.38. The lowest BCUT2D eigenvalue weighted by Crippen LogP contribution is -2.39. The van der Waals surface area contributed by atoms with Gasteiger partial charge in [-0.05, 0) is 17.7 Å². The number of alkyl halides is 3. The molecule has 1 aliphatic rings. The Kier molecular flexibility index (Phi) is 2.90. The molecule has 0 aromatic heterocycles. The zero-order valence-electron chi connectivity index (χ0n) is 8.95. The van der Waals surface area contributed by atoms with E-state index in [-0.39, 0.29) is 5.56 Å². The predicted molar refractivity (Wildman–Crippen MR) is 57.1 cm³/mol. The van der Waals surface area contributed by atoms with Crippen molar-refractivity contribution in [2.24, 2.45) is 0 Å². The van der Waals surface area contributed by atoms with E-state index in [0.717, 1.165) is 12.1 Å². The van der Waals surface area contributed by atoms with Crippen LogP contribution in [0.4, 0.5) is 13.2 Å². The molecular weight excluding hydrogens is 249 g/mol. The van der Waals surface area contributed by atoms with Gasteiger partial charge in [-0.15, -0.1) is 0 Å². The van der Waals surface area contributed by atoms with Gasteiger partial charge in [0, 0.05) is 6.20 Å². The first-order valence-corrected chi connectivity index (χ1v) is 5.01. The molecule has 3 N–H and O–H groups in total. The molecule has 0 fully saturated rings. The van der Waals surface area contributed by atoms with Gasteiger partial charge in [0.25, 0.3) is 0 Å². The molecule has 0 spiro atoms. The van der Waals surface area contributed by atoms with Crippen LogP contribution in [0.25, 0.3) is 5.70 Å². The molecule has 1 aliphatic heterocycles. The van der Waals surface area contributed by atoms with Crippen molar-refractivity contribution in [1.82, 2.24) is 10.6 Å². The number of hydrogen-bond acceptors (Lipinski definition) is 3. The van der Waals surface area contributed by atoms with Gasteiger partial charge in [0.1, 0.15) is 0 Å². The minimum Gasteiger partial charge on any atom is -0.478 e. The number of nitrogens with one attached hydrogen (secondary N) is 2. The lowest BCUT2D eigenvalue weighted by molar-refractivity contribution is -0.139. The van der Waals surface area contributed by atoms with Gasteiger partial charge in [0.05, 0.1) is 11.3 Å². The van der Waals surface area contributed by atoms with Crippen molar-refractivity contribution in [2.45, 2.75) is 12.3 Å². The summed E-state index contributed by atoms with van der Waals surface area (Å²) < 4.78 is 37.5. The zero-order chi connectivity index (χ0) is 13.3. The van der Waals surface area contributed by atoms with Gasteiger partial charge >= 0.3 is 12.1 Å². The number of aliphatic carboxylic acids is 1. The summed E-state index contributed by atoms with van der Waals surface area (Å²) in [7, 11) is 0. The Labute approximate surface area is 100 Å². The fraction of sp³-hybridized carbons (Fsp3) is 0.182. The second-order valence-electron chi connectivity index (χ2n) is 3.72. The molecule has 0 radical (unpaired) electrons. The van der Waals surface area contributed by atoms with Gasteiger partial charge in [-0.25, -0.2) is 4.79 Å². The van der Waals surface area contributed by atoms with Gasteiger partial charge in [-0.2, -0.15) is 13.2 Å². The van der Waals surface area contributed by atoms with E-state index in [0.29, 0.717) is 5.70 Å². The van der Waals surface area contributed by atoms with E-state index in [1.807, 2.05) is 0 Å². The van der Waals surface area contributed by atoms with Gasteiger partial charge in [-0.1, -0.05) is 12.1 Å². The highest BCUT2D eigenvalue weighted by atomic mass is 19.4. The van der Waals surface area contributed by atoms with Crippen LogP contribution >= 0.6 is 0 Å². The molecule has 0 aliphatic carbocycles. The molecular formula is C11H9F3N2O2. The van der Waals surface area contributed by atoms with Crippen molar-refractivity contribution < 1.29 is 23.1 Å². The maximum Gasteiger partial charge on any atom is 0.416 e. The van der Waals surface area contributed by atoms with Crippen molar-refractivity contribution in [3.8, 4) is 0 Å². The molecule has 2 rings (SSSR count). The molecule has 7 heteroatoms. The van der Waals surface area contributed by atoms with E-state index in [9.17, 15) is 18.0 Å². The molecule has 18 heavy (non-hydrogen) atoms. The molecule has 1 heterocycles. The maximum atomic E-state index is 12.5. The third-order valence-electron chi connectivity index (χ3n) is 2.44. The number of carbonyl (C=O) groups is 1. The largest absolute Gasteiger partial charge is 0.478 e. The van der Waals surface area contributed by atoms with E-state index >= 15 is 0 Å². The third kappa shape index (κ3) is 2.39. The van der Waals surface area contributed by atoms with Crippen LogP contribution in [0, 0.1) is 0 Å². The summed E-state index contributed by atoms with van der Waals surface area (Å²) >= 11 is 0. The standard InChI is InChI=1S/C11H9F3N2O2/c12-11(13,14)7-3-1-2-6(4-7)8-5-15-9(16-8)10(17)18/h1-5,9,15-16H,(H,17,18). The fourth-order valence-electron chi connectivity index (χ4n) is 1.57. The second-order valence-corrected chi connectivity index (χ2v) is 3.72. The Bertz CT molecular complexity index is 511. The lowest BCUT2D eigenvalue weighted by Gasteiger charge is -2.11. The topological polar surface area (TPSA) is 61.4 Å². The molecule has 4 nitrogen and oxygen atoms in total. The van der Waals surface area contributed by atoms with E-state index in [4.69, 9.17) is 5.11 Å². The first kappa shape index (κ1) is 12.3. The Morgan fingerprint density at radius 2 is 2.06 bits per heavy atom. The van der Waals surface area contributed by atoms with Gasteiger partial charge in [0.15, 0.2) is 6.17 Å². The Balaban J connectivity index is 2.23. The average Bonchev–Trinajstić information content (AvgIpc) is 2.77. The lowest BCUT2D eigenvalue weighted by atomic mass is 10.1. The van der Waals surface area contributed by atoms with Gasteiger partial charge in [0.2, 0.25) is 0 Å². The molecule has 0 bridgehead atoms. The van der Waals surface area contributed by atoms with Crippen molar-refractivity contribution in [1.29, 1.82) is 0 Å². The Hall–Kier alpha value is -2.18. The highest BCUT2D eigenvalue weighted by Crippen LogP contribution is 2.30. The van der Waals surface area contributed by atoms with Crippen molar-refractivity contribution in [3.05, 3.63) is 41.6 Å². The van der Waals surface area contributed by atoms with Gasteiger partial charge < -0.3 is 15.7 Å². The highest BCUT2D eigenvalue weighted by molar-refractivity contribution is 5.79. The minimum atomic E-state index is -4.42. The summed E-state index contributed by atoms with van der Waals surface area (Å²) in [4.78, 5) is 10.7. The van der Waals surface area contributed by atoms with Gasteiger partial charge in [-0.3, -0.25) is 0 Å². The van der Waals surface area contributed by atoms with Crippen LogP contribution in [0.3, 0.4) is 0 Å². The van der Waals surface area contributed by atoms with Crippen LogP contribution in [0.5, 0.6) is 0 Å². The zero-order valence-corrected chi connectivity index (χ0v) is 8.95. The Morgan fingerprint density at radius 1 is 1.33 bits per heavy atom. The number of halogens is 3. The summed E-state index contributed by atoms with van der Waals surface area (Å²) in [6, 6.07) is 4.67. The highest BCUT2D eigenvalue weighted by Gasteiger charge is 2.31. The van der Waals surface area contributed by atoms with Crippen molar-refractivity contribution >= 4 is 11.7 Å². The maximum absolute atomic E-state index is 12.5. The molecule has 1 aromatic carbocycles. The van der Waals surface area contributed by atoms with Crippen molar-refractivity contribution in [2.75, 3.05) is 0 Å². The Morgan fingerprint density at radius 3 is 2.61 bits per heavy atom. The summed E-state index contributed by atoms with van der Waals surface area (Å²) in [5.41, 5.74) is -0.184. The van der Waals surface area contributed by atoms with Crippen molar-refractivity contribution in [3.63, 3.8) is 0 Å². The number of carboxylic acids is 1. The molecule has 1 atom stereocenters. The molecule has 0 saturated carbocycles. The minimum absolute atomic E-state index is 0.279. The van der Waals surface area contributed by atoms with Crippen LogP contribution in [0.15, 0.2) is 30.5 Å². The van der Waals surface area contributed by atoms with E-state index in [1.165, 1.54) is 18.3 Å². The smallest absolute Gasteiger partial charge is 0.416 e. The summed E-state index contributed by atoms with van der Waals surface area (Å²) in [6.07, 6.45) is -4.10. The van der Waals surface area contributed by atoms with Crippen LogP contribution in [0.1, 0.15) is 11.1 Å². The predicted octanol–water partition coefficient (Wildman–Crippen LogP) is 1.61. The second kappa shape index (κ2) is 4.25. The molecule has 0 amide bonds. The fourth-order valence-corrected chi connectivity index (χ4v) is 1.57. The molecule has 0 saturated heterocycles. The molecule has 96 valence electrons. The number of rotatable bonds is 2. The average molecular weight is 258 g/mol. The SMILES string of the molecule is O=C(O)C1NC=C(c2cccc(C(F)(F)F)c2)N1. The summed E-state index contributed by atoms with van der Waals surface area (Å²) in [5, 5.41) is 13.8. The number of carboxylic acid groups (broad SMARTS) is 1. The first-order valence-electron chi connectivity index (χ1n) is 5.01. The van der Waals surface area contributed by atoms with E-state index in [1.54, 1.807) is 0 Å². The van der Waals surface area contributed by atoms with E-state index in [2.05, 4.69) is 10.6 Å². The number of benzene rings is 1. The monoisotopic (exact) mass is 258 g/mol. The van der Waals surface area contributed by atoms with E-state index < -0.39 is 23.9 Å².